The molecule has 0 radical (unpaired) electrons. The molecule has 16 heavy (non-hydrogen) atoms. The van der Waals surface area contributed by atoms with Crippen molar-refractivity contribution in [2.75, 3.05) is 0 Å². The first-order valence-corrected chi connectivity index (χ1v) is 5.79. The van der Waals surface area contributed by atoms with Crippen molar-refractivity contribution in [1.82, 2.24) is 14.5 Å². The lowest BCUT2D eigenvalue weighted by Gasteiger charge is -2.03. The smallest absolute Gasteiger partial charge is 0.0991 e. The molecule has 2 aromatic heterocycles. The number of nitrogens with zero attached hydrogens (tertiary/aromatic N) is 3. The van der Waals surface area contributed by atoms with E-state index in [1.165, 1.54) is 10.4 Å². The molecule has 4 heteroatoms. The number of rotatable bonds is 2. The van der Waals surface area contributed by atoms with Gasteiger partial charge in [-0.15, -0.1) is 11.3 Å². The van der Waals surface area contributed by atoms with Crippen LogP contribution in [0.2, 0.25) is 0 Å². The first kappa shape index (κ1) is 9.30. The minimum atomic E-state index is 1.11. The predicted molar refractivity (Wildman–Crippen MR) is 64.7 cm³/mol. The number of thiazole rings is 1. The highest BCUT2D eigenvalue weighted by Gasteiger charge is 2.01. The molecule has 0 N–H and O–H groups in total. The van der Waals surface area contributed by atoms with Gasteiger partial charge in [-0.2, -0.15) is 0 Å². The molecule has 3 nitrogen and oxygen atoms in total. The average Bonchev–Trinajstić information content (AvgIpc) is 3.03. The highest BCUT2D eigenvalue weighted by Crippen LogP contribution is 2.24. The Hall–Kier alpha value is -1.94. The minimum Gasteiger partial charge on any atom is -0.306 e. The van der Waals surface area contributed by atoms with Crippen molar-refractivity contribution >= 4 is 11.3 Å². The van der Waals surface area contributed by atoms with Gasteiger partial charge in [0.05, 0.1) is 16.7 Å². The molecule has 0 saturated heterocycles. The van der Waals surface area contributed by atoms with E-state index in [2.05, 4.69) is 28.2 Å². The van der Waals surface area contributed by atoms with E-state index in [0.717, 1.165) is 5.69 Å². The van der Waals surface area contributed by atoms with Crippen LogP contribution in [0, 0.1) is 0 Å². The van der Waals surface area contributed by atoms with Gasteiger partial charge in [-0.1, -0.05) is 12.1 Å². The molecule has 0 aliphatic rings. The van der Waals surface area contributed by atoms with Gasteiger partial charge in [0.25, 0.3) is 0 Å². The van der Waals surface area contributed by atoms with Crippen LogP contribution in [-0.2, 0) is 0 Å². The molecule has 1 aromatic carbocycles. The van der Waals surface area contributed by atoms with Gasteiger partial charge < -0.3 is 4.57 Å². The SMILES string of the molecule is c1cc(-c2cncs2)cc(-n2ccnc2)c1. The Morgan fingerprint density at radius 2 is 2.19 bits per heavy atom. The number of imidazole rings is 1. The topological polar surface area (TPSA) is 30.7 Å². The Labute approximate surface area is 97.0 Å². The van der Waals surface area contributed by atoms with E-state index >= 15 is 0 Å². The van der Waals surface area contributed by atoms with Crippen molar-refractivity contribution < 1.29 is 0 Å². The largest absolute Gasteiger partial charge is 0.306 e. The van der Waals surface area contributed by atoms with Crippen molar-refractivity contribution in [3.63, 3.8) is 0 Å². The van der Waals surface area contributed by atoms with Gasteiger partial charge in [-0.3, -0.25) is 4.98 Å². The molecule has 0 amide bonds. The Kier molecular flexibility index (Phi) is 2.27. The van der Waals surface area contributed by atoms with Gasteiger partial charge in [0.2, 0.25) is 0 Å². The molecular formula is C12H9N3S. The second kappa shape index (κ2) is 3.90. The van der Waals surface area contributed by atoms with E-state index in [4.69, 9.17) is 0 Å². The van der Waals surface area contributed by atoms with E-state index in [1.807, 2.05) is 28.5 Å². The Balaban J connectivity index is 2.07. The van der Waals surface area contributed by atoms with Gasteiger partial charge >= 0.3 is 0 Å². The fourth-order valence-corrected chi connectivity index (χ4v) is 2.21. The van der Waals surface area contributed by atoms with Gasteiger partial charge in [0.1, 0.15) is 0 Å². The molecule has 0 spiro atoms. The number of aromatic nitrogens is 3. The summed E-state index contributed by atoms with van der Waals surface area (Å²) in [5.41, 5.74) is 4.15. The monoisotopic (exact) mass is 227 g/mol. The summed E-state index contributed by atoms with van der Waals surface area (Å²) in [6.45, 7) is 0. The molecule has 0 unspecified atom stereocenters. The van der Waals surface area contributed by atoms with Crippen molar-refractivity contribution in [1.29, 1.82) is 0 Å². The van der Waals surface area contributed by atoms with Crippen LogP contribution in [-0.4, -0.2) is 14.5 Å². The molecule has 0 atom stereocenters. The van der Waals surface area contributed by atoms with Crippen molar-refractivity contribution in [2.24, 2.45) is 0 Å². The van der Waals surface area contributed by atoms with Gasteiger partial charge in [-0.25, -0.2) is 4.98 Å². The average molecular weight is 227 g/mol. The maximum Gasteiger partial charge on any atom is 0.0991 e. The van der Waals surface area contributed by atoms with Gasteiger partial charge in [0.15, 0.2) is 0 Å². The zero-order valence-corrected chi connectivity index (χ0v) is 9.26. The van der Waals surface area contributed by atoms with Crippen LogP contribution in [0.3, 0.4) is 0 Å². The quantitative estimate of drug-likeness (QED) is 0.673. The zero-order valence-electron chi connectivity index (χ0n) is 8.45. The van der Waals surface area contributed by atoms with Gasteiger partial charge in [0, 0.05) is 24.3 Å². The first-order chi connectivity index (χ1) is 7.93. The fraction of sp³-hybridized carbons (Fsp3) is 0. The summed E-state index contributed by atoms with van der Waals surface area (Å²) in [5, 5.41) is 0. The Morgan fingerprint density at radius 3 is 2.94 bits per heavy atom. The van der Waals surface area contributed by atoms with Crippen LogP contribution in [0.1, 0.15) is 0 Å². The highest BCUT2D eigenvalue weighted by molar-refractivity contribution is 7.13. The summed E-state index contributed by atoms with van der Waals surface area (Å²) in [4.78, 5) is 9.32. The second-order valence-electron chi connectivity index (χ2n) is 3.39. The molecule has 0 aliphatic heterocycles. The number of benzene rings is 1. The molecule has 3 aromatic rings. The normalized spacial score (nSPS) is 10.5. The summed E-state index contributed by atoms with van der Waals surface area (Å²) >= 11 is 1.65. The molecule has 0 bridgehead atoms. The number of hydrogen-bond acceptors (Lipinski definition) is 3. The lowest BCUT2D eigenvalue weighted by atomic mass is 10.2. The van der Waals surface area contributed by atoms with Crippen LogP contribution in [0.4, 0.5) is 0 Å². The highest BCUT2D eigenvalue weighted by atomic mass is 32.1. The first-order valence-electron chi connectivity index (χ1n) is 4.91. The number of hydrogen-bond donors (Lipinski definition) is 0. The van der Waals surface area contributed by atoms with Crippen molar-refractivity contribution in [2.45, 2.75) is 0 Å². The third kappa shape index (κ3) is 1.63. The van der Waals surface area contributed by atoms with Crippen LogP contribution >= 0.6 is 11.3 Å². The van der Waals surface area contributed by atoms with Gasteiger partial charge in [-0.05, 0) is 17.7 Å². The zero-order chi connectivity index (χ0) is 10.8. The van der Waals surface area contributed by atoms with E-state index in [9.17, 15) is 0 Å². The summed E-state index contributed by atoms with van der Waals surface area (Å²) in [6.07, 6.45) is 7.40. The van der Waals surface area contributed by atoms with Crippen LogP contribution in [0.5, 0.6) is 0 Å². The Bertz CT molecular complexity index is 521. The minimum absolute atomic E-state index is 1.11. The summed E-state index contributed by atoms with van der Waals surface area (Å²) in [5.74, 6) is 0. The van der Waals surface area contributed by atoms with Crippen LogP contribution in [0.25, 0.3) is 16.1 Å². The summed E-state index contributed by atoms with van der Waals surface area (Å²) < 4.78 is 1.99. The standard InChI is InChI=1S/C12H9N3S/c1-2-10(12-7-14-9-16-12)6-11(3-1)15-5-4-13-8-15/h1-9H. The lowest BCUT2D eigenvalue weighted by molar-refractivity contribution is 1.06. The Morgan fingerprint density at radius 1 is 1.19 bits per heavy atom. The van der Waals surface area contributed by atoms with E-state index < -0.39 is 0 Å². The third-order valence-corrected chi connectivity index (χ3v) is 3.19. The lowest BCUT2D eigenvalue weighted by Crippen LogP contribution is -1.89. The summed E-state index contributed by atoms with van der Waals surface area (Å²) in [6, 6.07) is 8.33. The maximum atomic E-state index is 4.09. The van der Waals surface area contributed by atoms with E-state index in [-0.39, 0.29) is 0 Å². The molecule has 2 heterocycles. The fourth-order valence-electron chi connectivity index (χ4n) is 1.59. The van der Waals surface area contributed by atoms with Crippen LogP contribution < -0.4 is 0 Å². The van der Waals surface area contributed by atoms with E-state index in [0.29, 0.717) is 0 Å². The molecule has 3 rings (SSSR count). The second-order valence-corrected chi connectivity index (χ2v) is 4.27. The third-order valence-electron chi connectivity index (χ3n) is 2.37. The summed E-state index contributed by atoms with van der Waals surface area (Å²) in [7, 11) is 0. The van der Waals surface area contributed by atoms with Crippen molar-refractivity contribution in [3.8, 4) is 16.1 Å². The predicted octanol–water partition coefficient (Wildman–Crippen LogP) is 3.00. The maximum absolute atomic E-state index is 4.09. The van der Waals surface area contributed by atoms with Crippen molar-refractivity contribution in [3.05, 3.63) is 54.7 Å². The van der Waals surface area contributed by atoms with Crippen LogP contribution in [0.15, 0.2) is 54.7 Å². The molecule has 0 aliphatic carbocycles. The molecule has 78 valence electrons. The molecule has 0 fully saturated rings. The van der Waals surface area contributed by atoms with E-state index in [1.54, 1.807) is 23.9 Å². The molecule has 0 saturated carbocycles. The molecular weight excluding hydrogens is 218 g/mol.